The lowest BCUT2D eigenvalue weighted by Crippen LogP contribution is -2.19. The third-order valence-electron chi connectivity index (χ3n) is 3.83. The monoisotopic (exact) mass is 212 g/mol. The molecule has 2 heteroatoms. The van der Waals surface area contributed by atoms with Gasteiger partial charge in [0, 0.05) is 18.8 Å². The van der Waals surface area contributed by atoms with Crippen molar-refractivity contribution in [1.29, 1.82) is 5.26 Å². The number of rotatable bonds is 1. The smallest absolute Gasteiger partial charge is 0.0738 e. The van der Waals surface area contributed by atoms with Crippen molar-refractivity contribution in [1.82, 2.24) is 0 Å². The van der Waals surface area contributed by atoms with Crippen molar-refractivity contribution in [3.8, 4) is 6.07 Å². The maximum atomic E-state index is 9.21. The van der Waals surface area contributed by atoms with Gasteiger partial charge in [-0.05, 0) is 42.9 Å². The molecule has 1 aliphatic carbocycles. The van der Waals surface area contributed by atoms with Crippen molar-refractivity contribution in [2.75, 3.05) is 18.0 Å². The van der Waals surface area contributed by atoms with Gasteiger partial charge in [-0.15, -0.1) is 0 Å². The zero-order valence-corrected chi connectivity index (χ0v) is 9.45. The largest absolute Gasteiger partial charge is 0.371 e. The highest BCUT2D eigenvalue weighted by Crippen LogP contribution is 2.40. The van der Waals surface area contributed by atoms with Gasteiger partial charge < -0.3 is 4.90 Å². The number of hydrogen-bond donors (Lipinski definition) is 0. The first-order valence-electron chi connectivity index (χ1n) is 6.16. The van der Waals surface area contributed by atoms with E-state index in [2.05, 4.69) is 29.2 Å². The quantitative estimate of drug-likeness (QED) is 0.715. The second-order valence-corrected chi connectivity index (χ2v) is 4.76. The lowest BCUT2D eigenvalue weighted by molar-refractivity contribution is 0.820. The van der Waals surface area contributed by atoms with E-state index in [4.69, 9.17) is 0 Å². The molecule has 0 bridgehead atoms. The molecule has 0 N–H and O–H groups in total. The molecule has 1 aliphatic heterocycles. The van der Waals surface area contributed by atoms with E-state index in [0.29, 0.717) is 0 Å². The summed E-state index contributed by atoms with van der Waals surface area (Å²) in [5.41, 5.74) is 4.06. The normalized spacial score (nSPS) is 23.2. The van der Waals surface area contributed by atoms with Crippen molar-refractivity contribution >= 4 is 5.69 Å². The molecular formula is C14H16N2. The minimum atomic E-state index is 0.131. The van der Waals surface area contributed by atoms with Gasteiger partial charge in [0.15, 0.2) is 0 Å². The molecule has 82 valence electrons. The average molecular weight is 212 g/mol. The van der Waals surface area contributed by atoms with E-state index in [-0.39, 0.29) is 5.92 Å². The molecule has 2 nitrogen and oxygen atoms in total. The molecule has 0 saturated carbocycles. The summed E-state index contributed by atoms with van der Waals surface area (Å²) in [7, 11) is 0. The highest BCUT2D eigenvalue weighted by molar-refractivity contribution is 5.62. The first-order chi connectivity index (χ1) is 7.90. The van der Waals surface area contributed by atoms with Crippen LogP contribution in [0.4, 0.5) is 5.69 Å². The standard InChI is InChI=1S/C14H16N2/c15-10-12-7-6-11-4-3-5-13(14(11)12)16-8-1-2-9-16/h3-5,12H,1-2,6-9H2. The average Bonchev–Trinajstić information content (AvgIpc) is 2.97. The first-order valence-corrected chi connectivity index (χ1v) is 6.16. The molecule has 0 amide bonds. The van der Waals surface area contributed by atoms with Crippen molar-refractivity contribution in [2.45, 2.75) is 31.6 Å². The van der Waals surface area contributed by atoms with Crippen molar-refractivity contribution in [3.63, 3.8) is 0 Å². The predicted octanol–water partition coefficient (Wildman–Crippen LogP) is 2.84. The van der Waals surface area contributed by atoms with Gasteiger partial charge in [0.05, 0.1) is 12.0 Å². The zero-order valence-electron chi connectivity index (χ0n) is 9.45. The first kappa shape index (κ1) is 9.72. The van der Waals surface area contributed by atoms with Gasteiger partial charge >= 0.3 is 0 Å². The summed E-state index contributed by atoms with van der Waals surface area (Å²) in [4.78, 5) is 2.45. The molecule has 0 spiro atoms. The van der Waals surface area contributed by atoms with E-state index < -0.39 is 0 Å². The maximum Gasteiger partial charge on any atom is 0.0738 e. The predicted molar refractivity (Wildman–Crippen MR) is 64.6 cm³/mol. The molecule has 1 saturated heterocycles. The Morgan fingerprint density at radius 1 is 1.25 bits per heavy atom. The summed E-state index contributed by atoms with van der Waals surface area (Å²) in [5.74, 6) is 0.131. The van der Waals surface area contributed by atoms with E-state index in [1.807, 2.05) is 0 Å². The van der Waals surface area contributed by atoms with Crippen molar-refractivity contribution < 1.29 is 0 Å². The number of fused-ring (bicyclic) bond motifs is 1. The Bertz CT molecular complexity index is 439. The SMILES string of the molecule is N#CC1CCc2cccc(N3CCCC3)c21. The van der Waals surface area contributed by atoms with E-state index in [1.165, 1.54) is 29.7 Å². The van der Waals surface area contributed by atoms with Crippen LogP contribution in [0.1, 0.15) is 36.3 Å². The molecule has 1 heterocycles. The Morgan fingerprint density at radius 3 is 2.81 bits per heavy atom. The minimum Gasteiger partial charge on any atom is -0.371 e. The van der Waals surface area contributed by atoms with Gasteiger partial charge in [0.25, 0.3) is 0 Å². The molecule has 1 fully saturated rings. The molecule has 1 aromatic rings. The summed E-state index contributed by atoms with van der Waals surface area (Å²) >= 11 is 0. The second kappa shape index (κ2) is 3.83. The van der Waals surface area contributed by atoms with Crippen LogP contribution in [-0.2, 0) is 6.42 Å². The summed E-state index contributed by atoms with van der Waals surface area (Å²) in [6.45, 7) is 2.32. The Balaban J connectivity index is 2.06. The topological polar surface area (TPSA) is 27.0 Å². The molecule has 1 aromatic carbocycles. The van der Waals surface area contributed by atoms with E-state index in [1.54, 1.807) is 0 Å². The Labute approximate surface area is 96.5 Å². The number of anilines is 1. The van der Waals surface area contributed by atoms with Gasteiger partial charge in [-0.25, -0.2) is 0 Å². The number of hydrogen-bond acceptors (Lipinski definition) is 2. The molecule has 2 aliphatic rings. The molecule has 3 rings (SSSR count). The maximum absolute atomic E-state index is 9.21. The van der Waals surface area contributed by atoms with Gasteiger partial charge in [0.2, 0.25) is 0 Å². The van der Waals surface area contributed by atoms with Gasteiger partial charge in [-0.1, -0.05) is 12.1 Å². The Hall–Kier alpha value is -1.49. The van der Waals surface area contributed by atoms with E-state index >= 15 is 0 Å². The second-order valence-electron chi connectivity index (χ2n) is 4.76. The fourth-order valence-electron chi connectivity index (χ4n) is 3.03. The molecular weight excluding hydrogens is 196 g/mol. The van der Waals surface area contributed by atoms with Gasteiger partial charge in [0.1, 0.15) is 0 Å². The summed E-state index contributed by atoms with van der Waals surface area (Å²) in [5, 5.41) is 9.21. The van der Waals surface area contributed by atoms with Crippen molar-refractivity contribution in [3.05, 3.63) is 29.3 Å². The summed E-state index contributed by atoms with van der Waals surface area (Å²) < 4.78 is 0. The molecule has 0 aromatic heterocycles. The third-order valence-corrected chi connectivity index (χ3v) is 3.83. The fourth-order valence-corrected chi connectivity index (χ4v) is 3.03. The van der Waals surface area contributed by atoms with Crippen LogP contribution in [0.25, 0.3) is 0 Å². The van der Waals surface area contributed by atoms with Gasteiger partial charge in [-0.2, -0.15) is 5.26 Å². The van der Waals surface area contributed by atoms with Crippen LogP contribution in [0.5, 0.6) is 0 Å². The summed E-state index contributed by atoms with van der Waals surface area (Å²) in [6, 6.07) is 8.98. The van der Waals surface area contributed by atoms with E-state index in [0.717, 1.165) is 25.9 Å². The third kappa shape index (κ3) is 1.39. The molecule has 16 heavy (non-hydrogen) atoms. The van der Waals surface area contributed by atoms with Crippen LogP contribution in [0.3, 0.4) is 0 Å². The molecule has 1 unspecified atom stereocenters. The van der Waals surface area contributed by atoms with E-state index in [9.17, 15) is 5.26 Å². The van der Waals surface area contributed by atoms with Crippen LogP contribution in [0, 0.1) is 11.3 Å². The fraction of sp³-hybridized carbons (Fsp3) is 0.500. The lowest BCUT2D eigenvalue weighted by Gasteiger charge is -2.22. The number of nitriles is 1. The Morgan fingerprint density at radius 2 is 2.06 bits per heavy atom. The summed E-state index contributed by atoms with van der Waals surface area (Å²) in [6.07, 6.45) is 4.67. The number of benzene rings is 1. The van der Waals surface area contributed by atoms with Crippen LogP contribution in [0.2, 0.25) is 0 Å². The van der Waals surface area contributed by atoms with Gasteiger partial charge in [-0.3, -0.25) is 0 Å². The van der Waals surface area contributed by atoms with Crippen LogP contribution in [-0.4, -0.2) is 13.1 Å². The highest BCUT2D eigenvalue weighted by atomic mass is 15.1. The molecule has 1 atom stereocenters. The Kier molecular flexibility index (Phi) is 2.32. The highest BCUT2D eigenvalue weighted by Gasteiger charge is 2.27. The number of nitrogens with zero attached hydrogens (tertiary/aromatic N) is 2. The van der Waals surface area contributed by atoms with Crippen LogP contribution >= 0.6 is 0 Å². The van der Waals surface area contributed by atoms with Crippen LogP contribution in [0.15, 0.2) is 18.2 Å². The molecule has 0 radical (unpaired) electrons. The van der Waals surface area contributed by atoms with Crippen LogP contribution < -0.4 is 4.90 Å². The van der Waals surface area contributed by atoms with Crippen molar-refractivity contribution in [2.24, 2.45) is 0 Å². The number of aryl methyl sites for hydroxylation is 1. The zero-order chi connectivity index (χ0) is 11.0. The minimum absolute atomic E-state index is 0.131. The lowest BCUT2D eigenvalue weighted by atomic mass is 10.00.